The maximum absolute atomic E-state index is 12.6. The molecule has 2 bridgehead atoms. The second kappa shape index (κ2) is 9.40. The molecule has 33 heavy (non-hydrogen) atoms. The van der Waals surface area contributed by atoms with Crippen molar-refractivity contribution >= 4 is 34.3 Å². The van der Waals surface area contributed by atoms with Gasteiger partial charge in [0, 0.05) is 19.6 Å². The Morgan fingerprint density at radius 1 is 1.18 bits per heavy atom. The molecule has 186 valence electrons. The van der Waals surface area contributed by atoms with Crippen LogP contribution in [0.5, 0.6) is 0 Å². The van der Waals surface area contributed by atoms with Gasteiger partial charge in [-0.3, -0.25) is 14.2 Å². The lowest BCUT2D eigenvalue weighted by molar-refractivity contribution is -0.143. The van der Waals surface area contributed by atoms with Gasteiger partial charge in [0.1, 0.15) is 23.6 Å². The molecule has 3 fully saturated rings. The second-order valence-electron chi connectivity index (χ2n) is 9.09. The van der Waals surface area contributed by atoms with E-state index in [9.17, 15) is 22.8 Å². The Labute approximate surface area is 191 Å². The number of fused-ring (bicyclic) bond motifs is 2. The van der Waals surface area contributed by atoms with Crippen molar-refractivity contribution in [1.29, 1.82) is 0 Å². The average molecular weight is 492 g/mol. The molecule has 15 heteroatoms. The van der Waals surface area contributed by atoms with Crippen molar-refractivity contribution in [3.63, 3.8) is 0 Å². The fourth-order valence-electron chi connectivity index (χ4n) is 3.92. The summed E-state index contributed by atoms with van der Waals surface area (Å²) in [6, 6.07) is -2.27. The highest BCUT2D eigenvalue weighted by Crippen LogP contribution is 2.30. The predicted octanol–water partition coefficient (Wildman–Crippen LogP) is 0.465. The molecule has 0 radical (unpaired) electrons. The smallest absolute Gasteiger partial charge is 0.435 e. The minimum atomic E-state index is -4.86. The van der Waals surface area contributed by atoms with Gasteiger partial charge in [-0.25, -0.2) is 15.1 Å². The van der Waals surface area contributed by atoms with Crippen LogP contribution < -0.4 is 5.48 Å². The highest BCUT2D eigenvalue weighted by molar-refractivity contribution is 7.80. The quantitative estimate of drug-likeness (QED) is 0.239. The molecule has 4 amide bonds. The summed E-state index contributed by atoms with van der Waals surface area (Å²) in [4.78, 5) is 49.3. The van der Waals surface area contributed by atoms with E-state index in [1.165, 1.54) is 4.90 Å². The summed E-state index contributed by atoms with van der Waals surface area (Å²) in [6.07, 6.45) is 0.119. The molecule has 0 aromatic carbocycles. The van der Waals surface area contributed by atoms with Crippen LogP contribution >= 0.6 is 0 Å². The van der Waals surface area contributed by atoms with Crippen molar-refractivity contribution in [2.24, 2.45) is 4.99 Å². The van der Waals surface area contributed by atoms with E-state index < -0.39 is 46.1 Å². The standard InChI is InChI=1S/C18H29N5O9S/c1-11(19-16(25)30-18(2,3)4)21-8-7-13(10-21)31-20-15(24)14-6-5-12-9-22(14)17(26)23(12)32-33(27,28)29/h12-14H,5-10H2,1-4H3,(H,20,24)(H,27,28,29)/b19-11+/t12-,13?,14+/m1/s1. The van der Waals surface area contributed by atoms with Gasteiger partial charge >= 0.3 is 22.5 Å². The van der Waals surface area contributed by atoms with Gasteiger partial charge in [-0.1, -0.05) is 0 Å². The monoisotopic (exact) mass is 491 g/mol. The van der Waals surface area contributed by atoms with Crippen LogP contribution in [0.15, 0.2) is 4.99 Å². The lowest BCUT2D eigenvalue weighted by Crippen LogP contribution is -2.50. The highest BCUT2D eigenvalue weighted by atomic mass is 32.3. The lowest BCUT2D eigenvalue weighted by Gasteiger charge is -2.29. The van der Waals surface area contributed by atoms with Crippen LogP contribution in [-0.4, -0.2) is 95.1 Å². The summed E-state index contributed by atoms with van der Waals surface area (Å²) in [5.41, 5.74) is 1.73. The Morgan fingerprint density at radius 2 is 1.88 bits per heavy atom. The summed E-state index contributed by atoms with van der Waals surface area (Å²) in [5, 5.41) is 0.575. The topological polar surface area (TPSA) is 167 Å². The number of hydrogen-bond acceptors (Lipinski definition) is 8. The first-order valence-electron chi connectivity index (χ1n) is 10.5. The Balaban J connectivity index is 1.49. The van der Waals surface area contributed by atoms with Crippen molar-refractivity contribution in [2.75, 3.05) is 19.6 Å². The van der Waals surface area contributed by atoms with Gasteiger partial charge in [-0.15, -0.1) is 4.28 Å². The third-order valence-corrected chi connectivity index (χ3v) is 5.72. The number of urea groups is 1. The number of hydrogen-bond donors (Lipinski definition) is 2. The molecule has 0 aromatic rings. The third-order valence-electron chi connectivity index (χ3n) is 5.38. The minimum Gasteiger partial charge on any atom is -0.442 e. The number of amides is 4. The molecule has 3 saturated heterocycles. The molecule has 0 spiro atoms. The Kier molecular flexibility index (Phi) is 7.16. The van der Waals surface area contributed by atoms with Crippen LogP contribution in [0.3, 0.4) is 0 Å². The molecular formula is C18H29N5O9S. The van der Waals surface area contributed by atoms with Crippen molar-refractivity contribution in [3.05, 3.63) is 0 Å². The predicted molar refractivity (Wildman–Crippen MR) is 112 cm³/mol. The first-order chi connectivity index (χ1) is 15.2. The molecule has 3 aliphatic heterocycles. The number of likely N-dealkylation sites (tertiary alicyclic amines) is 1. The van der Waals surface area contributed by atoms with E-state index in [2.05, 4.69) is 14.8 Å². The van der Waals surface area contributed by atoms with Crippen LogP contribution in [-0.2, 0) is 29.1 Å². The van der Waals surface area contributed by atoms with Crippen molar-refractivity contribution < 1.29 is 41.2 Å². The summed E-state index contributed by atoms with van der Waals surface area (Å²) in [7, 11) is -4.86. The van der Waals surface area contributed by atoms with E-state index in [4.69, 9.17) is 14.1 Å². The summed E-state index contributed by atoms with van der Waals surface area (Å²) in [5.74, 6) is -0.0744. The zero-order valence-corrected chi connectivity index (χ0v) is 19.7. The van der Waals surface area contributed by atoms with Gasteiger partial charge in [0.05, 0.1) is 6.04 Å². The number of carbonyl (C=O) groups is 3. The Morgan fingerprint density at radius 3 is 2.52 bits per heavy atom. The van der Waals surface area contributed by atoms with Crippen LogP contribution in [0.2, 0.25) is 0 Å². The number of ether oxygens (including phenoxy) is 1. The SMILES string of the molecule is C/C(=N\C(=O)OC(C)(C)C)N1CCC(ONC(=O)[C@@H]2CC[C@@H]3CN2C(=O)N3OS(=O)(=O)O)C1. The van der Waals surface area contributed by atoms with E-state index in [1.54, 1.807) is 27.7 Å². The zero-order valence-electron chi connectivity index (χ0n) is 18.9. The number of aliphatic imine (C=N–C) groups is 1. The molecular weight excluding hydrogens is 462 g/mol. The molecule has 2 N–H and O–H groups in total. The van der Waals surface area contributed by atoms with E-state index in [0.29, 0.717) is 36.8 Å². The number of rotatable bonds is 5. The second-order valence-corrected chi connectivity index (χ2v) is 10.1. The van der Waals surface area contributed by atoms with Gasteiger partial charge < -0.3 is 14.5 Å². The van der Waals surface area contributed by atoms with Gasteiger partial charge in [0.2, 0.25) is 0 Å². The molecule has 0 aliphatic carbocycles. The summed E-state index contributed by atoms with van der Waals surface area (Å²) >= 11 is 0. The summed E-state index contributed by atoms with van der Waals surface area (Å²) in [6.45, 7) is 7.98. The van der Waals surface area contributed by atoms with Gasteiger partial charge in [0.25, 0.3) is 5.91 Å². The molecule has 3 rings (SSSR count). The molecule has 3 atom stereocenters. The third kappa shape index (κ3) is 6.52. The maximum atomic E-state index is 12.6. The van der Waals surface area contributed by atoms with Gasteiger partial charge in [-0.2, -0.15) is 18.5 Å². The number of hydroxylamine groups is 3. The van der Waals surface area contributed by atoms with Crippen LogP contribution in [0.25, 0.3) is 0 Å². The zero-order chi connectivity index (χ0) is 24.6. The largest absolute Gasteiger partial charge is 0.442 e. The van der Waals surface area contributed by atoms with Gasteiger partial charge in [0.15, 0.2) is 0 Å². The lowest BCUT2D eigenvalue weighted by atomic mass is 10.0. The fraction of sp³-hybridized carbons (Fsp3) is 0.778. The Hall–Kier alpha value is -2.49. The molecule has 3 heterocycles. The van der Waals surface area contributed by atoms with Crippen LogP contribution in [0.1, 0.15) is 47.0 Å². The van der Waals surface area contributed by atoms with E-state index in [1.807, 2.05) is 4.90 Å². The van der Waals surface area contributed by atoms with Crippen molar-refractivity contribution in [2.45, 2.75) is 70.7 Å². The van der Waals surface area contributed by atoms with Crippen molar-refractivity contribution in [1.82, 2.24) is 20.3 Å². The molecule has 0 aromatic heterocycles. The van der Waals surface area contributed by atoms with E-state index >= 15 is 0 Å². The summed E-state index contributed by atoms with van der Waals surface area (Å²) < 4.78 is 40.3. The fourth-order valence-corrected chi connectivity index (χ4v) is 4.31. The number of nitrogens with zero attached hydrogens (tertiary/aromatic N) is 4. The van der Waals surface area contributed by atoms with E-state index in [-0.39, 0.29) is 19.1 Å². The number of amidine groups is 1. The first kappa shape index (κ1) is 25.1. The maximum Gasteiger partial charge on any atom is 0.435 e. The van der Waals surface area contributed by atoms with E-state index in [0.717, 1.165) is 0 Å². The van der Waals surface area contributed by atoms with Crippen molar-refractivity contribution in [3.8, 4) is 0 Å². The molecule has 0 saturated carbocycles. The first-order valence-corrected chi connectivity index (χ1v) is 11.9. The number of carbonyl (C=O) groups excluding carboxylic acids is 3. The normalized spacial score (nSPS) is 26.1. The molecule has 3 aliphatic rings. The van der Waals surface area contributed by atoms with Crippen LogP contribution in [0.4, 0.5) is 9.59 Å². The minimum absolute atomic E-state index is 0.0873. The number of piperidine rings is 1. The molecule has 14 nitrogen and oxygen atoms in total. The highest BCUT2D eigenvalue weighted by Gasteiger charge is 2.49. The van der Waals surface area contributed by atoms with Gasteiger partial charge in [-0.05, 0) is 47.0 Å². The van der Waals surface area contributed by atoms with Crippen LogP contribution in [0, 0.1) is 0 Å². The average Bonchev–Trinajstić information content (AvgIpc) is 3.23. The molecule has 1 unspecified atom stereocenters. The Bertz CT molecular complexity index is 932. The number of nitrogens with one attached hydrogen (secondary N) is 1.